The van der Waals surface area contributed by atoms with Crippen LogP contribution in [0.5, 0.6) is 0 Å². The summed E-state index contributed by atoms with van der Waals surface area (Å²) in [6, 6.07) is 5.15. The molecule has 0 saturated carbocycles. The Morgan fingerprint density at radius 2 is 2.21 bits per heavy atom. The summed E-state index contributed by atoms with van der Waals surface area (Å²) in [5.74, 6) is -0.631. The maximum atomic E-state index is 11.0. The molecule has 1 N–H and O–H groups in total. The first kappa shape index (κ1) is 13.3. The molecule has 0 spiro atoms. The fourth-order valence-corrected chi connectivity index (χ4v) is 2.04. The predicted molar refractivity (Wildman–Crippen MR) is 72.6 cm³/mol. The average Bonchev–Trinajstić information content (AvgIpc) is 2.39. The Bertz CT molecular complexity index is 590. The normalized spacial score (nSPS) is 10.2. The van der Waals surface area contributed by atoms with Gasteiger partial charge in [-0.3, -0.25) is 4.98 Å². The van der Waals surface area contributed by atoms with Crippen LogP contribution < -0.4 is 4.90 Å². The lowest BCUT2D eigenvalue weighted by atomic mass is 10.2. The Morgan fingerprint density at radius 3 is 2.84 bits per heavy atom. The summed E-state index contributed by atoms with van der Waals surface area (Å²) < 4.78 is 0. The molecule has 0 atom stereocenters. The minimum atomic E-state index is -1.07. The number of halogens is 1. The van der Waals surface area contributed by atoms with Crippen LogP contribution in [0.15, 0.2) is 36.8 Å². The van der Waals surface area contributed by atoms with Gasteiger partial charge >= 0.3 is 5.97 Å². The van der Waals surface area contributed by atoms with E-state index >= 15 is 0 Å². The van der Waals surface area contributed by atoms with Crippen LogP contribution in [0, 0.1) is 0 Å². The highest BCUT2D eigenvalue weighted by Crippen LogP contribution is 2.26. The molecule has 0 aromatic carbocycles. The van der Waals surface area contributed by atoms with Gasteiger partial charge in [-0.15, -0.1) is 0 Å². The maximum Gasteiger partial charge on any atom is 0.337 e. The second-order valence-electron chi connectivity index (χ2n) is 4.02. The summed E-state index contributed by atoms with van der Waals surface area (Å²) in [5.41, 5.74) is 1.04. The van der Waals surface area contributed by atoms with Gasteiger partial charge in [-0.05, 0) is 17.7 Å². The number of anilines is 1. The van der Waals surface area contributed by atoms with Crippen molar-refractivity contribution in [3.63, 3.8) is 0 Å². The Balaban J connectivity index is 2.27. The molecule has 2 rings (SSSR count). The molecule has 19 heavy (non-hydrogen) atoms. The maximum absolute atomic E-state index is 11.0. The molecule has 0 aliphatic carbocycles. The number of aromatic carboxylic acids is 1. The van der Waals surface area contributed by atoms with Gasteiger partial charge < -0.3 is 10.0 Å². The van der Waals surface area contributed by atoms with Gasteiger partial charge in [0, 0.05) is 32.2 Å². The van der Waals surface area contributed by atoms with Crippen LogP contribution in [0.3, 0.4) is 0 Å². The number of nitrogens with zero attached hydrogens (tertiary/aromatic N) is 3. The van der Waals surface area contributed by atoms with Crippen molar-refractivity contribution in [3.8, 4) is 0 Å². The van der Waals surface area contributed by atoms with Crippen LogP contribution >= 0.6 is 11.6 Å². The SMILES string of the molecule is CN(Cc1cccnc1)c1nccc(C(=O)O)c1Cl. The molecule has 0 amide bonds. The predicted octanol–water partition coefficient (Wildman–Crippen LogP) is 2.46. The largest absolute Gasteiger partial charge is 0.478 e. The molecule has 98 valence electrons. The number of hydrogen-bond donors (Lipinski definition) is 1. The Morgan fingerprint density at radius 1 is 1.42 bits per heavy atom. The summed E-state index contributed by atoms with van der Waals surface area (Å²) in [7, 11) is 1.80. The number of carbonyl (C=O) groups is 1. The zero-order valence-corrected chi connectivity index (χ0v) is 11.0. The van der Waals surface area contributed by atoms with E-state index in [2.05, 4.69) is 9.97 Å². The van der Waals surface area contributed by atoms with Crippen molar-refractivity contribution in [1.82, 2.24) is 9.97 Å². The molecule has 0 saturated heterocycles. The second kappa shape index (κ2) is 5.67. The zero-order chi connectivity index (χ0) is 13.8. The lowest BCUT2D eigenvalue weighted by molar-refractivity contribution is 0.0697. The van der Waals surface area contributed by atoms with Gasteiger partial charge in [-0.2, -0.15) is 0 Å². The first-order valence-electron chi connectivity index (χ1n) is 5.57. The van der Waals surface area contributed by atoms with Gasteiger partial charge in [0.15, 0.2) is 0 Å². The number of aromatic nitrogens is 2. The van der Waals surface area contributed by atoms with Gasteiger partial charge in [-0.1, -0.05) is 17.7 Å². The van der Waals surface area contributed by atoms with E-state index in [4.69, 9.17) is 16.7 Å². The lowest BCUT2D eigenvalue weighted by Crippen LogP contribution is -2.19. The number of rotatable bonds is 4. The summed E-state index contributed by atoms with van der Waals surface area (Å²) in [5, 5.41) is 9.16. The smallest absolute Gasteiger partial charge is 0.337 e. The first-order chi connectivity index (χ1) is 9.09. The van der Waals surface area contributed by atoms with Crippen molar-refractivity contribution in [2.75, 3.05) is 11.9 Å². The first-order valence-corrected chi connectivity index (χ1v) is 5.95. The van der Waals surface area contributed by atoms with Gasteiger partial charge in [0.1, 0.15) is 5.82 Å². The molecule has 0 aliphatic rings. The Kier molecular flexibility index (Phi) is 3.97. The number of carboxylic acids is 1. The molecule has 0 radical (unpaired) electrons. The fourth-order valence-electron chi connectivity index (χ4n) is 1.70. The second-order valence-corrected chi connectivity index (χ2v) is 4.40. The van der Waals surface area contributed by atoms with E-state index in [1.165, 1.54) is 12.3 Å². The van der Waals surface area contributed by atoms with Crippen LogP contribution in [0.25, 0.3) is 0 Å². The average molecular weight is 278 g/mol. The molecular weight excluding hydrogens is 266 g/mol. The minimum absolute atomic E-state index is 0.0460. The van der Waals surface area contributed by atoms with Crippen molar-refractivity contribution >= 4 is 23.4 Å². The van der Waals surface area contributed by atoms with E-state index in [9.17, 15) is 4.79 Å². The molecule has 2 heterocycles. The van der Waals surface area contributed by atoms with E-state index in [0.29, 0.717) is 12.4 Å². The Hall–Kier alpha value is -2.14. The highest BCUT2D eigenvalue weighted by molar-refractivity contribution is 6.35. The summed E-state index contributed by atoms with van der Waals surface area (Å²) in [4.78, 5) is 21.0. The summed E-state index contributed by atoms with van der Waals surface area (Å²) in [6.45, 7) is 0.545. The standard InChI is InChI=1S/C13H12ClN3O2/c1-17(8-9-3-2-5-15-7-9)12-11(14)10(13(18)19)4-6-16-12/h2-7H,8H2,1H3,(H,18,19). The quantitative estimate of drug-likeness (QED) is 0.930. The Labute approximate surface area is 115 Å². The lowest BCUT2D eigenvalue weighted by Gasteiger charge is -2.19. The molecule has 5 nitrogen and oxygen atoms in total. The molecule has 0 bridgehead atoms. The summed E-state index contributed by atoms with van der Waals surface area (Å²) in [6.07, 6.45) is 4.87. The minimum Gasteiger partial charge on any atom is -0.478 e. The third kappa shape index (κ3) is 3.00. The van der Waals surface area contributed by atoms with Crippen molar-refractivity contribution in [2.45, 2.75) is 6.54 Å². The molecule has 2 aromatic rings. The number of hydrogen-bond acceptors (Lipinski definition) is 4. The van der Waals surface area contributed by atoms with Crippen LogP contribution in [0.4, 0.5) is 5.82 Å². The summed E-state index contributed by atoms with van der Waals surface area (Å²) >= 11 is 6.06. The number of carboxylic acid groups (broad SMARTS) is 1. The van der Waals surface area contributed by atoms with E-state index in [1.807, 2.05) is 12.1 Å². The van der Waals surface area contributed by atoms with E-state index < -0.39 is 5.97 Å². The van der Waals surface area contributed by atoms with Crippen molar-refractivity contribution < 1.29 is 9.90 Å². The molecule has 6 heteroatoms. The molecule has 0 fully saturated rings. The third-order valence-electron chi connectivity index (χ3n) is 2.61. The van der Waals surface area contributed by atoms with Crippen LogP contribution in [-0.4, -0.2) is 28.1 Å². The van der Waals surface area contributed by atoms with Crippen molar-refractivity contribution in [1.29, 1.82) is 0 Å². The topological polar surface area (TPSA) is 66.3 Å². The van der Waals surface area contributed by atoms with E-state index in [1.54, 1.807) is 24.3 Å². The van der Waals surface area contributed by atoms with Crippen LogP contribution in [0.2, 0.25) is 5.02 Å². The molecule has 2 aromatic heterocycles. The zero-order valence-electron chi connectivity index (χ0n) is 10.2. The molecular formula is C13H12ClN3O2. The van der Waals surface area contributed by atoms with E-state index in [-0.39, 0.29) is 10.6 Å². The molecule has 0 aliphatic heterocycles. The number of pyridine rings is 2. The van der Waals surface area contributed by atoms with Gasteiger partial charge in [-0.25, -0.2) is 9.78 Å². The van der Waals surface area contributed by atoms with Crippen LogP contribution in [0.1, 0.15) is 15.9 Å². The van der Waals surface area contributed by atoms with Crippen molar-refractivity contribution in [3.05, 3.63) is 52.9 Å². The molecule has 0 unspecified atom stereocenters. The van der Waals surface area contributed by atoms with Gasteiger partial charge in [0.25, 0.3) is 0 Å². The third-order valence-corrected chi connectivity index (χ3v) is 2.98. The van der Waals surface area contributed by atoms with Gasteiger partial charge in [0.05, 0.1) is 10.6 Å². The van der Waals surface area contributed by atoms with Crippen molar-refractivity contribution in [2.24, 2.45) is 0 Å². The fraction of sp³-hybridized carbons (Fsp3) is 0.154. The monoisotopic (exact) mass is 277 g/mol. The van der Waals surface area contributed by atoms with Crippen LogP contribution in [-0.2, 0) is 6.54 Å². The van der Waals surface area contributed by atoms with E-state index in [0.717, 1.165) is 5.56 Å². The highest BCUT2D eigenvalue weighted by atomic mass is 35.5. The highest BCUT2D eigenvalue weighted by Gasteiger charge is 2.16. The van der Waals surface area contributed by atoms with Gasteiger partial charge in [0.2, 0.25) is 0 Å².